The normalized spacial score (nSPS) is 16.9. The van der Waals surface area contributed by atoms with Crippen molar-refractivity contribution in [1.29, 1.82) is 0 Å². The van der Waals surface area contributed by atoms with Crippen LogP contribution in [0.1, 0.15) is 26.7 Å². The van der Waals surface area contributed by atoms with Crippen molar-refractivity contribution >= 4 is 5.97 Å². The second-order valence-corrected chi connectivity index (χ2v) is 3.75. The van der Waals surface area contributed by atoms with E-state index in [1.807, 2.05) is 7.05 Å². The van der Waals surface area contributed by atoms with Crippen LogP contribution in [0.5, 0.6) is 0 Å². The van der Waals surface area contributed by atoms with Gasteiger partial charge in [-0.3, -0.25) is 4.79 Å². The number of ether oxygens (including phenoxy) is 2. The molecule has 0 rings (SSSR count). The summed E-state index contributed by atoms with van der Waals surface area (Å²) in [5.74, 6) is 0.231. The van der Waals surface area contributed by atoms with E-state index in [-0.39, 0.29) is 18.1 Å². The zero-order chi connectivity index (χ0) is 11.8. The van der Waals surface area contributed by atoms with E-state index in [0.717, 1.165) is 6.42 Å². The molecule has 0 aromatic carbocycles. The van der Waals surface area contributed by atoms with Crippen LogP contribution in [0, 0.1) is 5.92 Å². The van der Waals surface area contributed by atoms with Crippen LogP contribution >= 0.6 is 0 Å². The molecular formula is C11H23NO3. The third kappa shape index (κ3) is 4.62. The van der Waals surface area contributed by atoms with E-state index in [2.05, 4.69) is 23.9 Å². The van der Waals surface area contributed by atoms with Gasteiger partial charge in [0.1, 0.15) is 0 Å². The lowest BCUT2D eigenvalue weighted by atomic mass is 9.93. The molecule has 0 spiro atoms. The van der Waals surface area contributed by atoms with Gasteiger partial charge in [-0.1, -0.05) is 20.3 Å². The summed E-state index contributed by atoms with van der Waals surface area (Å²) >= 11 is 0. The number of carbonyl (C=O) groups is 1. The van der Waals surface area contributed by atoms with Crippen LogP contribution in [0.15, 0.2) is 0 Å². The van der Waals surface area contributed by atoms with E-state index in [1.165, 1.54) is 7.11 Å². The maximum absolute atomic E-state index is 11.2. The van der Waals surface area contributed by atoms with Crippen LogP contribution < -0.4 is 5.32 Å². The van der Waals surface area contributed by atoms with Crippen LogP contribution in [0.4, 0.5) is 0 Å². The number of likely N-dealkylation sites (N-methyl/N-ethyl adjacent to an activating group) is 1. The summed E-state index contributed by atoms with van der Waals surface area (Å²) in [4.78, 5) is 11.2. The Balaban J connectivity index is 4.39. The number of hydrogen-bond acceptors (Lipinski definition) is 4. The second kappa shape index (κ2) is 7.65. The first-order valence-electron chi connectivity index (χ1n) is 5.37. The van der Waals surface area contributed by atoms with Gasteiger partial charge in [0.25, 0.3) is 0 Å². The molecule has 4 nitrogen and oxygen atoms in total. The number of nitrogens with one attached hydrogen (secondary N) is 1. The molecule has 0 fully saturated rings. The van der Waals surface area contributed by atoms with Crippen molar-refractivity contribution in [2.75, 3.05) is 21.3 Å². The molecule has 15 heavy (non-hydrogen) atoms. The van der Waals surface area contributed by atoms with Crippen molar-refractivity contribution in [2.24, 2.45) is 5.92 Å². The van der Waals surface area contributed by atoms with Crippen LogP contribution in [0.2, 0.25) is 0 Å². The molecule has 3 atom stereocenters. The Morgan fingerprint density at radius 2 is 2.00 bits per heavy atom. The molecule has 0 saturated heterocycles. The summed E-state index contributed by atoms with van der Waals surface area (Å²) in [5, 5.41) is 3.20. The third-order valence-electron chi connectivity index (χ3n) is 2.89. The minimum Gasteiger partial charge on any atom is -0.469 e. The van der Waals surface area contributed by atoms with Crippen LogP contribution in [-0.4, -0.2) is 39.4 Å². The molecule has 0 aliphatic heterocycles. The van der Waals surface area contributed by atoms with Crippen LogP contribution in [0.3, 0.4) is 0 Å². The minimum atomic E-state index is -0.231. The van der Waals surface area contributed by atoms with Crippen LogP contribution in [-0.2, 0) is 14.3 Å². The molecule has 0 aliphatic rings. The Kier molecular flexibility index (Phi) is 7.34. The van der Waals surface area contributed by atoms with Gasteiger partial charge in [0.2, 0.25) is 0 Å². The zero-order valence-electron chi connectivity index (χ0n) is 10.4. The highest BCUT2D eigenvalue weighted by molar-refractivity contribution is 5.69. The van der Waals surface area contributed by atoms with Crippen molar-refractivity contribution in [2.45, 2.75) is 38.8 Å². The molecule has 0 amide bonds. The van der Waals surface area contributed by atoms with Gasteiger partial charge < -0.3 is 14.8 Å². The molecule has 0 aliphatic carbocycles. The van der Waals surface area contributed by atoms with E-state index < -0.39 is 0 Å². The lowest BCUT2D eigenvalue weighted by Gasteiger charge is -2.29. The van der Waals surface area contributed by atoms with Crippen molar-refractivity contribution in [3.05, 3.63) is 0 Å². The Morgan fingerprint density at radius 1 is 1.40 bits per heavy atom. The van der Waals surface area contributed by atoms with E-state index in [9.17, 15) is 4.79 Å². The summed E-state index contributed by atoms with van der Waals surface area (Å²) in [6.45, 7) is 4.27. The molecule has 0 unspecified atom stereocenters. The van der Waals surface area contributed by atoms with Crippen molar-refractivity contribution in [3.8, 4) is 0 Å². The highest BCUT2D eigenvalue weighted by Crippen LogP contribution is 2.16. The fourth-order valence-corrected chi connectivity index (χ4v) is 1.70. The lowest BCUT2D eigenvalue weighted by Crippen LogP contribution is -2.44. The number of esters is 1. The Hall–Kier alpha value is -0.610. The SMILES string of the molecule is CC[C@H](C)[C@H](NC)[C@@H](CC(=O)OC)OC. The maximum Gasteiger partial charge on any atom is 0.308 e. The van der Waals surface area contributed by atoms with Gasteiger partial charge in [-0.15, -0.1) is 0 Å². The van der Waals surface area contributed by atoms with Gasteiger partial charge in [0.05, 0.1) is 19.6 Å². The van der Waals surface area contributed by atoms with Crippen molar-refractivity contribution in [3.63, 3.8) is 0 Å². The standard InChI is InChI=1S/C11H23NO3/c1-6-8(2)11(12-3)9(14-4)7-10(13)15-5/h8-9,11-12H,6-7H2,1-5H3/t8-,9+,11-/m0/s1. The van der Waals surface area contributed by atoms with E-state index in [1.54, 1.807) is 7.11 Å². The second-order valence-electron chi connectivity index (χ2n) is 3.75. The molecule has 0 aromatic heterocycles. The fraction of sp³-hybridized carbons (Fsp3) is 0.909. The third-order valence-corrected chi connectivity index (χ3v) is 2.89. The Bertz CT molecular complexity index is 185. The van der Waals surface area contributed by atoms with Gasteiger partial charge in [-0.2, -0.15) is 0 Å². The summed E-state index contributed by atoms with van der Waals surface area (Å²) < 4.78 is 9.98. The van der Waals surface area contributed by atoms with E-state index >= 15 is 0 Å². The predicted octanol–water partition coefficient (Wildman–Crippen LogP) is 1.20. The van der Waals surface area contributed by atoms with Crippen LogP contribution in [0.25, 0.3) is 0 Å². The quantitative estimate of drug-likeness (QED) is 0.651. The number of methoxy groups -OCH3 is 2. The smallest absolute Gasteiger partial charge is 0.308 e. The van der Waals surface area contributed by atoms with Gasteiger partial charge in [-0.05, 0) is 13.0 Å². The summed E-state index contributed by atoms with van der Waals surface area (Å²) in [7, 11) is 4.91. The molecule has 0 radical (unpaired) electrons. The minimum absolute atomic E-state index is 0.127. The fourth-order valence-electron chi connectivity index (χ4n) is 1.70. The van der Waals surface area contributed by atoms with E-state index in [0.29, 0.717) is 12.3 Å². The van der Waals surface area contributed by atoms with Gasteiger partial charge in [-0.25, -0.2) is 0 Å². The summed E-state index contributed by atoms with van der Waals surface area (Å²) in [5.41, 5.74) is 0. The Morgan fingerprint density at radius 3 is 2.33 bits per heavy atom. The number of hydrogen-bond donors (Lipinski definition) is 1. The molecule has 90 valence electrons. The van der Waals surface area contributed by atoms with Gasteiger partial charge in [0.15, 0.2) is 0 Å². The first kappa shape index (κ1) is 14.4. The highest BCUT2D eigenvalue weighted by atomic mass is 16.5. The first-order chi connectivity index (χ1) is 7.10. The number of carbonyl (C=O) groups excluding carboxylic acids is 1. The molecular weight excluding hydrogens is 194 g/mol. The molecule has 0 heterocycles. The average molecular weight is 217 g/mol. The topological polar surface area (TPSA) is 47.6 Å². The molecule has 0 saturated carbocycles. The summed E-state index contributed by atoms with van der Waals surface area (Å²) in [6, 6.07) is 0.180. The molecule has 4 heteroatoms. The lowest BCUT2D eigenvalue weighted by molar-refractivity contribution is -0.144. The maximum atomic E-state index is 11.2. The predicted molar refractivity (Wildman–Crippen MR) is 59.7 cm³/mol. The number of rotatable bonds is 7. The van der Waals surface area contributed by atoms with Gasteiger partial charge in [0, 0.05) is 13.2 Å². The average Bonchev–Trinajstić information content (AvgIpc) is 2.27. The first-order valence-corrected chi connectivity index (χ1v) is 5.37. The highest BCUT2D eigenvalue weighted by Gasteiger charge is 2.26. The largest absolute Gasteiger partial charge is 0.469 e. The van der Waals surface area contributed by atoms with Crippen molar-refractivity contribution < 1.29 is 14.3 Å². The van der Waals surface area contributed by atoms with E-state index in [4.69, 9.17) is 4.74 Å². The monoisotopic (exact) mass is 217 g/mol. The Labute approximate surface area is 92.3 Å². The zero-order valence-corrected chi connectivity index (χ0v) is 10.4. The van der Waals surface area contributed by atoms with Gasteiger partial charge >= 0.3 is 5.97 Å². The summed E-state index contributed by atoms with van der Waals surface area (Å²) in [6.07, 6.45) is 1.22. The van der Waals surface area contributed by atoms with Crippen molar-refractivity contribution in [1.82, 2.24) is 5.32 Å². The molecule has 0 bridgehead atoms. The molecule has 0 aromatic rings. The molecule has 1 N–H and O–H groups in total.